The Balaban J connectivity index is 2.51. The molecule has 0 N–H and O–H groups in total. The summed E-state index contributed by atoms with van der Waals surface area (Å²) in [4.78, 5) is 0. The maximum atomic E-state index is 10.2. The lowest BCUT2D eigenvalue weighted by Gasteiger charge is -1.88. The highest BCUT2D eigenvalue weighted by molar-refractivity contribution is 7.26. The molecule has 0 saturated heterocycles. The number of hydrogen-bond donors (Lipinski definition) is 0. The van der Waals surface area contributed by atoms with Crippen LogP contribution < -0.4 is 0 Å². The van der Waals surface area contributed by atoms with E-state index < -0.39 is 0 Å². The smallest absolute Gasteiger partial charge is 0.162 e. The molecule has 7 heavy (non-hydrogen) atoms. The van der Waals surface area contributed by atoms with E-state index in [1.54, 1.807) is 0 Å². The van der Waals surface area contributed by atoms with Gasteiger partial charge in [-0.3, -0.25) is 4.57 Å². The van der Waals surface area contributed by atoms with E-state index in [4.69, 9.17) is 0 Å². The van der Waals surface area contributed by atoms with Crippen molar-refractivity contribution in [3.05, 3.63) is 0 Å². The Morgan fingerprint density at radius 1 is 1.86 bits per heavy atom. The molecular weight excluding hydrogens is 107 g/mol. The zero-order chi connectivity index (χ0) is 5.49. The third-order valence-electron chi connectivity index (χ3n) is 1.83. The summed E-state index contributed by atoms with van der Waals surface area (Å²) in [7, 11) is 0.330. The van der Waals surface area contributed by atoms with E-state index in [0.717, 1.165) is 6.42 Å². The monoisotopic (exact) mass is 116 g/mol. The van der Waals surface area contributed by atoms with Gasteiger partial charge in [-0.15, -0.1) is 0 Å². The molecule has 0 radical (unpaired) electrons. The van der Waals surface area contributed by atoms with Crippen LogP contribution in [0.3, 0.4) is 0 Å². The summed E-state index contributed by atoms with van der Waals surface area (Å²) in [5.41, 5.74) is 0. The normalized spacial score (nSPS) is 49.7. The van der Waals surface area contributed by atoms with Gasteiger partial charge in [0.05, 0.1) is 5.16 Å². The van der Waals surface area contributed by atoms with Crippen LogP contribution in [0, 0.1) is 5.92 Å². The molecule has 2 unspecified atom stereocenters. The third-order valence-corrected chi connectivity index (χ3v) is 2.87. The quantitative estimate of drug-likeness (QED) is 0.479. The van der Waals surface area contributed by atoms with Gasteiger partial charge < -0.3 is 0 Å². The van der Waals surface area contributed by atoms with Crippen LogP contribution in [0.4, 0.5) is 0 Å². The van der Waals surface area contributed by atoms with Gasteiger partial charge in [0, 0.05) is 0 Å². The summed E-state index contributed by atoms with van der Waals surface area (Å²) in [5.74, 6) is 0.687. The average molecular weight is 116 g/mol. The molecule has 0 heterocycles. The molecule has 2 heteroatoms. The second-order valence-corrected chi connectivity index (χ2v) is 3.76. The van der Waals surface area contributed by atoms with Gasteiger partial charge in [-0.05, 0) is 19.3 Å². The maximum Gasteiger partial charge on any atom is 0.162 e. The van der Waals surface area contributed by atoms with Crippen LogP contribution in [0.25, 0.3) is 0 Å². The molecular formula is C5H9OP. The number of hydrogen-bond acceptors (Lipinski definition) is 1. The van der Waals surface area contributed by atoms with Crippen LogP contribution in [0.1, 0.15) is 20.3 Å². The highest BCUT2D eigenvalue weighted by Crippen LogP contribution is 2.52. The molecule has 0 aromatic rings. The molecule has 0 aromatic heterocycles. The Morgan fingerprint density at radius 3 is 2.29 bits per heavy atom. The topological polar surface area (TPSA) is 17.1 Å². The first-order valence-electron chi connectivity index (χ1n) is 2.53. The summed E-state index contributed by atoms with van der Waals surface area (Å²) in [5, 5.41) is 0.167. The highest BCUT2D eigenvalue weighted by atomic mass is 31.1. The highest BCUT2D eigenvalue weighted by Gasteiger charge is 2.47. The lowest BCUT2D eigenvalue weighted by atomic mass is 10.4. The minimum absolute atomic E-state index is 0.167. The van der Waals surface area contributed by atoms with Crippen molar-refractivity contribution in [3.8, 4) is 0 Å². The fraction of sp³-hybridized carbons (Fsp3) is 1.00. The van der Waals surface area contributed by atoms with Crippen LogP contribution in [-0.4, -0.2) is 5.16 Å². The molecule has 0 aliphatic heterocycles. The Labute approximate surface area is 45.3 Å². The van der Waals surface area contributed by atoms with Gasteiger partial charge in [-0.1, -0.05) is 6.92 Å². The molecule has 1 fully saturated rings. The van der Waals surface area contributed by atoms with Crippen LogP contribution in [0.5, 0.6) is 0 Å². The third kappa shape index (κ3) is 0.700. The van der Waals surface area contributed by atoms with Crippen molar-refractivity contribution in [1.29, 1.82) is 0 Å². The summed E-state index contributed by atoms with van der Waals surface area (Å²) in [6.45, 7) is 4.18. The first kappa shape index (κ1) is 5.24. The summed E-state index contributed by atoms with van der Waals surface area (Å²) >= 11 is 0. The van der Waals surface area contributed by atoms with Crippen molar-refractivity contribution in [2.24, 2.45) is 5.92 Å². The van der Waals surface area contributed by atoms with Gasteiger partial charge in [-0.2, -0.15) is 0 Å². The second-order valence-electron chi connectivity index (χ2n) is 2.55. The van der Waals surface area contributed by atoms with E-state index >= 15 is 0 Å². The average Bonchev–Trinajstić information content (AvgIpc) is 2.18. The van der Waals surface area contributed by atoms with Crippen molar-refractivity contribution in [3.63, 3.8) is 0 Å². The molecule has 1 aliphatic rings. The van der Waals surface area contributed by atoms with Crippen molar-refractivity contribution in [2.45, 2.75) is 25.4 Å². The molecule has 40 valence electrons. The Kier molecular flexibility index (Phi) is 0.964. The van der Waals surface area contributed by atoms with Crippen molar-refractivity contribution in [2.75, 3.05) is 0 Å². The molecule has 0 aromatic carbocycles. The van der Waals surface area contributed by atoms with E-state index in [1.165, 1.54) is 0 Å². The van der Waals surface area contributed by atoms with E-state index in [0.29, 0.717) is 14.4 Å². The summed E-state index contributed by atoms with van der Waals surface area (Å²) < 4.78 is 10.2. The molecule has 0 amide bonds. The zero-order valence-electron chi connectivity index (χ0n) is 4.64. The predicted molar refractivity (Wildman–Crippen MR) is 29.8 cm³/mol. The van der Waals surface area contributed by atoms with E-state index in [1.807, 2.05) is 6.92 Å². The molecule has 1 rings (SSSR count). The second kappa shape index (κ2) is 1.29. The zero-order valence-corrected chi connectivity index (χ0v) is 5.53. The number of rotatable bonds is 1. The Bertz CT molecular complexity index is 102. The minimum Gasteiger partial charge on any atom is -0.274 e. The first-order chi connectivity index (χ1) is 3.19. The molecule has 0 bridgehead atoms. The lowest BCUT2D eigenvalue weighted by Crippen LogP contribution is -1.88. The lowest BCUT2D eigenvalue weighted by molar-refractivity contribution is 0.589. The Hall–Kier alpha value is 0.100. The molecule has 1 saturated carbocycles. The van der Waals surface area contributed by atoms with Crippen LogP contribution in [0.2, 0.25) is 0 Å². The van der Waals surface area contributed by atoms with Crippen molar-refractivity contribution >= 4 is 8.46 Å². The summed E-state index contributed by atoms with van der Waals surface area (Å²) in [6, 6.07) is 0. The molecule has 2 atom stereocenters. The fourth-order valence-corrected chi connectivity index (χ4v) is 1.22. The summed E-state index contributed by atoms with van der Waals surface area (Å²) in [6.07, 6.45) is 1.14. The molecule has 0 spiro atoms. The minimum atomic E-state index is 0.167. The standard InChI is InChI=1S/C5H9OP/c1-4-3-5(4,2)7-6/h4H,3H2,1-2H3. The van der Waals surface area contributed by atoms with E-state index in [2.05, 4.69) is 6.92 Å². The van der Waals surface area contributed by atoms with Gasteiger partial charge in [-0.25, -0.2) is 0 Å². The van der Waals surface area contributed by atoms with E-state index in [9.17, 15) is 4.57 Å². The van der Waals surface area contributed by atoms with Crippen molar-refractivity contribution < 1.29 is 4.57 Å². The largest absolute Gasteiger partial charge is 0.274 e. The Morgan fingerprint density at radius 2 is 2.29 bits per heavy atom. The van der Waals surface area contributed by atoms with Crippen LogP contribution in [-0.2, 0) is 4.57 Å². The maximum absolute atomic E-state index is 10.2. The van der Waals surface area contributed by atoms with Gasteiger partial charge in [0.15, 0.2) is 8.46 Å². The van der Waals surface area contributed by atoms with Gasteiger partial charge >= 0.3 is 0 Å². The predicted octanol–water partition coefficient (Wildman–Crippen LogP) is 2.08. The van der Waals surface area contributed by atoms with Crippen LogP contribution in [0.15, 0.2) is 0 Å². The van der Waals surface area contributed by atoms with Gasteiger partial charge in [0.2, 0.25) is 0 Å². The van der Waals surface area contributed by atoms with Gasteiger partial charge in [0.25, 0.3) is 0 Å². The SMILES string of the molecule is CC1CC1(C)P=O. The fourth-order valence-electron chi connectivity index (χ4n) is 0.688. The van der Waals surface area contributed by atoms with Crippen molar-refractivity contribution in [1.82, 2.24) is 0 Å². The van der Waals surface area contributed by atoms with E-state index in [-0.39, 0.29) is 5.16 Å². The van der Waals surface area contributed by atoms with Crippen LogP contribution >= 0.6 is 8.46 Å². The molecule has 1 aliphatic carbocycles. The van der Waals surface area contributed by atoms with Gasteiger partial charge in [0.1, 0.15) is 0 Å². The first-order valence-corrected chi connectivity index (χ1v) is 3.35. The molecule has 1 nitrogen and oxygen atoms in total.